The van der Waals surface area contributed by atoms with E-state index in [2.05, 4.69) is 5.32 Å². The predicted octanol–water partition coefficient (Wildman–Crippen LogP) is 1.43. The van der Waals surface area contributed by atoms with Crippen molar-refractivity contribution >= 4 is 15.9 Å². The fourth-order valence-electron chi connectivity index (χ4n) is 3.25. The van der Waals surface area contributed by atoms with E-state index in [4.69, 9.17) is 15.2 Å². The van der Waals surface area contributed by atoms with E-state index in [-0.39, 0.29) is 6.54 Å². The first-order valence-electron chi connectivity index (χ1n) is 7.98. The molecule has 2 rings (SSSR count). The summed E-state index contributed by atoms with van der Waals surface area (Å²) in [6, 6.07) is 7.08. The number of carbonyl (C=O) groups excluding carboxylic acids is 1. The number of carbonyl (C=O) groups is 1. The normalized spacial score (nSPS) is 26.0. The number of methoxy groups -OCH3 is 1. The van der Waals surface area contributed by atoms with Crippen LogP contribution in [0.15, 0.2) is 24.3 Å². The molecule has 0 aliphatic heterocycles. The van der Waals surface area contributed by atoms with Crippen LogP contribution in [0.2, 0.25) is 0 Å². The molecule has 25 heavy (non-hydrogen) atoms. The Morgan fingerprint density at radius 2 is 1.84 bits per heavy atom. The molecular formula is C17H26N2O5S. The number of alkyl carbamates (subject to hydrolysis) is 1. The van der Waals surface area contributed by atoms with Gasteiger partial charge >= 0.3 is 6.09 Å². The van der Waals surface area contributed by atoms with Gasteiger partial charge in [-0.2, -0.15) is 0 Å². The maximum atomic E-state index is 12.3. The second kappa shape index (κ2) is 6.49. The summed E-state index contributed by atoms with van der Waals surface area (Å²) in [6.45, 7) is 5.21. The minimum atomic E-state index is -3.43. The Hall–Kier alpha value is -1.80. The molecule has 0 bridgehead atoms. The number of rotatable bonds is 5. The summed E-state index contributed by atoms with van der Waals surface area (Å²) < 4.78 is 34.9. The zero-order valence-electron chi connectivity index (χ0n) is 15.2. The number of nitrogens with two attached hydrogens (primary N) is 1. The van der Waals surface area contributed by atoms with E-state index < -0.39 is 38.2 Å². The van der Waals surface area contributed by atoms with E-state index in [0.29, 0.717) is 5.75 Å². The van der Waals surface area contributed by atoms with Crippen molar-refractivity contribution in [1.29, 1.82) is 0 Å². The average Bonchev–Trinajstić information content (AvgIpc) is 3.14. The first-order valence-corrected chi connectivity index (χ1v) is 9.94. The summed E-state index contributed by atoms with van der Waals surface area (Å²) in [5.41, 5.74) is 4.90. The molecule has 140 valence electrons. The fourth-order valence-corrected chi connectivity index (χ4v) is 5.14. The maximum absolute atomic E-state index is 12.3. The number of sulfone groups is 1. The van der Waals surface area contributed by atoms with Gasteiger partial charge in [0.05, 0.1) is 17.9 Å². The summed E-state index contributed by atoms with van der Waals surface area (Å²) in [5, 5.41) is 1.91. The van der Waals surface area contributed by atoms with Gasteiger partial charge < -0.3 is 20.5 Å². The molecule has 1 aromatic rings. The van der Waals surface area contributed by atoms with Crippen LogP contribution in [0.1, 0.15) is 32.3 Å². The van der Waals surface area contributed by atoms with Gasteiger partial charge in [-0.05, 0) is 38.5 Å². The van der Waals surface area contributed by atoms with Gasteiger partial charge in [0.2, 0.25) is 0 Å². The number of benzene rings is 1. The Labute approximate surface area is 148 Å². The Bertz CT molecular complexity index is 739. The zero-order valence-corrected chi connectivity index (χ0v) is 16.0. The Kier molecular flexibility index (Phi) is 5.07. The van der Waals surface area contributed by atoms with Crippen LogP contribution in [-0.4, -0.2) is 50.8 Å². The first-order chi connectivity index (χ1) is 11.4. The lowest BCUT2D eigenvalue weighted by Gasteiger charge is -2.24. The molecule has 0 aromatic heterocycles. The molecule has 1 saturated carbocycles. The fraction of sp³-hybridized carbons (Fsp3) is 0.588. The molecule has 0 heterocycles. The Morgan fingerprint density at radius 1 is 1.28 bits per heavy atom. The van der Waals surface area contributed by atoms with E-state index in [1.54, 1.807) is 52.1 Å². The molecule has 1 fully saturated rings. The van der Waals surface area contributed by atoms with Gasteiger partial charge in [0.25, 0.3) is 0 Å². The van der Waals surface area contributed by atoms with Crippen LogP contribution < -0.4 is 15.8 Å². The number of ether oxygens (including phenoxy) is 2. The maximum Gasteiger partial charge on any atom is 0.408 e. The van der Waals surface area contributed by atoms with E-state index in [9.17, 15) is 13.2 Å². The summed E-state index contributed by atoms with van der Waals surface area (Å²) in [6.07, 6.45) is 0.477. The van der Waals surface area contributed by atoms with Crippen molar-refractivity contribution in [3.05, 3.63) is 29.8 Å². The second-order valence-corrected chi connectivity index (χ2v) is 9.54. The smallest absolute Gasteiger partial charge is 0.408 e. The second-order valence-electron chi connectivity index (χ2n) is 7.37. The SMILES string of the molecule is COc1ccc([C@@H]2[C@@H](S(C)(=O)=O)[C@]2(CN)NC(=O)OC(C)(C)C)cc1. The lowest BCUT2D eigenvalue weighted by molar-refractivity contribution is 0.0497. The van der Waals surface area contributed by atoms with Crippen molar-refractivity contribution < 1.29 is 22.7 Å². The van der Waals surface area contributed by atoms with Crippen molar-refractivity contribution in [2.75, 3.05) is 19.9 Å². The zero-order chi connectivity index (χ0) is 19.0. The molecular weight excluding hydrogens is 344 g/mol. The lowest BCUT2D eigenvalue weighted by Crippen LogP contribution is -2.48. The highest BCUT2D eigenvalue weighted by Gasteiger charge is 2.70. The highest BCUT2D eigenvalue weighted by atomic mass is 32.2. The summed E-state index contributed by atoms with van der Waals surface area (Å²) in [5.74, 6) is 0.227. The largest absolute Gasteiger partial charge is 0.497 e. The summed E-state index contributed by atoms with van der Waals surface area (Å²) in [4.78, 5) is 12.2. The molecule has 1 aliphatic rings. The minimum absolute atomic E-state index is 0.0132. The molecule has 1 aliphatic carbocycles. The van der Waals surface area contributed by atoms with Gasteiger partial charge in [-0.3, -0.25) is 0 Å². The van der Waals surface area contributed by atoms with Crippen LogP contribution in [0.25, 0.3) is 0 Å². The Balaban J connectivity index is 2.34. The van der Waals surface area contributed by atoms with Crippen LogP contribution in [0.5, 0.6) is 5.75 Å². The van der Waals surface area contributed by atoms with Crippen molar-refractivity contribution in [3.63, 3.8) is 0 Å². The molecule has 0 saturated heterocycles. The van der Waals surface area contributed by atoms with E-state index in [1.807, 2.05) is 0 Å². The summed E-state index contributed by atoms with van der Waals surface area (Å²) >= 11 is 0. The Morgan fingerprint density at radius 3 is 2.24 bits per heavy atom. The monoisotopic (exact) mass is 370 g/mol. The third-order valence-electron chi connectivity index (χ3n) is 4.26. The van der Waals surface area contributed by atoms with Gasteiger partial charge in [0, 0.05) is 18.7 Å². The molecule has 7 nitrogen and oxygen atoms in total. The van der Waals surface area contributed by atoms with Crippen molar-refractivity contribution in [2.45, 2.75) is 43.1 Å². The molecule has 8 heteroatoms. The van der Waals surface area contributed by atoms with Crippen molar-refractivity contribution in [2.24, 2.45) is 5.73 Å². The van der Waals surface area contributed by atoms with Gasteiger partial charge in [-0.1, -0.05) is 12.1 Å². The standard InChI is InChI=1S/C17H26N2O5S/c1-16(2,3)24-15(20)19-17(10-18)13(14(17)25(5,21)22)11-6-8-12(23-4)9-7-11/h6-9,13-14H,10,18H2,1-5H3,(H,19,20)/t13-,14-,17-/m1/s1. The van der Waals surface area contributed by atoms with Crippen molar-refractivity contribution in [1.82, 2.24) is 5.32 Å². The van der Waals surface area contributed by atoms with Crippen LogP contribution in [0.4, 0.5) is 4.79 Å². The van der Waals surface area contributed by atoms with Crippen molar-refractivity contribution in [3.8, 4) is 5.75 Å². The van der Waals surface area contributed by atoms with Gasteiger partial charge in [-0.25, -0.2) is 13.2 Å². The molecule has 3 atom stereocenters. The number of hydrogen-bond acceptors (Lipinski definition) is 6. The molecule has 0 radical (unpaired) electrons. The highest BCUT2D eigenvalue weighted by Crippen LogP contribution is 2.55. The van der Waals surface area contributed by atoms with Gasteiger partial charge in [0.15, 0.2) is 9.84 Å². The van der Waals surface area contributed by atoms with E-state index >= 15 is 0 Å². The number of hydrogen-bond donors (Lipinski definition) is 2. The first kappa shape index (κ1) is 19.5. The molecule has 1 aromatic carbocycles. The van der Waals surface area contributed by atoms with Crippen LogP contribution >= 0.6 is 0 Å². The third kappa shape index (κ3) is 4.07. The molecule has 3 N–H and O–H groups in total. The molecule has 1 amide bonds. The van der Waals surface area contributed by atoms with E-state index in [0.717, 1.165) is 11.8 Å². The number of amides is 1. The van der Waals surface area contributed by atoms with Gasteiger partial charge in [-0.15, -0.1) is 0 Å². The molecule has 0 unspecified atom stereocenters. The number of nitrogens with one attached hydrogen (secondary N) is 1. The highest BCUT2D eigenvalue weighted by molar-refractivity contribution is 7.91. The molecule has 0 spiro atoms. The van der Waals surface area contributed by atoms with Crippen LogP contribution in [0.3, 0.4) is 0 Å². The van der Waals surface area contributed by atoms with Crippen LogP contribution in [0, 0.1) is 0 Å². The topological polar surface area (TPSA) is 108 Å². The lowest BCUT2D eigenvalue weighted by atomic mass is 10.1. The van der Waals surface area contributed by atoms with E-state index in [1.165, 1.54) is 0 Å². The van der Waals surface area contributed by atoms with Gasteiger partial charge in [0.1, 0.15) is 11.4 Å². The average molecular weight is 370 g/mol. The predicted molar refractivity (Wildman–Crippen MR) is 95.5 cm³/mol. The minimum Gasteiger partial charge on any atom is -0.497 e. The summed E-state index contributed by atoms with van der Waals surface area (Å²) in [7, 11) is -1.88. The third-order valence-corrected chi connectivity index (χ3v) is 5.88. The van der Waals surface area contributed by atoms with Crippen LogP contribution in [-0.2, 0) is 14.6 Å². The quantitative estimate of drug-likeness (QED) is 0.812.